The molecule has 20 heavy (non-hydrogen) atoms. The van der Waals surface area contributed by atoms with Crippen molar-refractivity contribution in [1.82, 2.24) is 9.78 Å². The fraction of sp³-hybridized carbons (Fsp3) is 0.400. The average molecular weight is 312 g/mol. The van der Waals surface area contributed by atoms with Gasteiger partial charge in [0.25, 0.3) is 0 Å². The minimum Gasteiger partial charge on any atom is -0.324 e. The van der Waals surface area contributed by atoms with E-state index < -0.39 is 0 Å². The molecule has 5 heteroatoms. The highest BCUT2D eigenvalue weighted by Gasteiger charge is 2.12. The first-order valence-corrected chi connectivity index (χ1v) is 7.51. The first-order chi connectivity index (χ1) is 9.51. The van der Waals surface area contributed by atoms with E-state index in [9.17, 15) is 0 Å². The van der Waals surface area contributed by atoms with Gasteiger partial charge in [-0.05, 0) is 37.1 Å². The van der Waals surface area contributed by atoms with Gasteiger partial charge >= 0.3 is 0 Å². The van der Waals surface area contributed by atoms with E-state index >= 15 is 0 Å². The van der Waals surface area contributed by atoms with Gasteiger partial charge in [0.15, 0.2) is 0 Å². The van der Waals surface area contributed by atoms with Crippen LogP contribution in [0.5, 0.6) is 0 Å². The molecule has 0 bridgehead atoms. The smallest absolute Gasteiger partial charge is 0.0643 e. The van der Waals surface area contributed by atoms with Crippen molar-refractivity contribution in [2.75, 3.05) is 0 Å². The molecule has 1 heterocycles. The minimum absolute atomic E-state index is 0.134. The molecule has 2 unspecified atom stereocenters. The van der Waals surface area contributed by atoms with Crippen LogP contribution in [0.2, 0.25) is 10.0 Å². The summed E-state index contributed by atoms with van der Waals surface area (Å²) in [4.78, 5) is 0. The Bertz CT molecular complexity index is 580. The zero-order chi connectivity index (χ0) is 14.7. The summed E-state index contributed by atoms with van der Waals surface area (Å²) in [5.41, 5.74) is 8.17. The summed E-state index contributed by atoms with van der Waals surface area (Å²) >= 11 is 11.9. The van der Waals surface area contributed by atoms with Crippen molar-refractivity contribution in [3.05, 3.63) is 51.8 Å². The maximum atomic E-state index is 6.21. The Morgan fingerprint density at radius 3 is 2.65 bits per heavy atom. The van der Waals surface area contributed by atoms with E-state index in [1.54, 1.807) is 6.07 Å². The molecular weight excluding hydrogens is 293 g/mol. The first-order valence-electron chi connectivity index (χ1n) is 6.75. The van der Waals surface area contributed by atoms with E-state index in [1.165, 1.54) is 0 Å². The Morgan fingerprint density at radius 1 is 1.25 bits per heavy atom. The third kappa shape index (κ3) is 3.54. The van der Waals surface area contributed by atoms with Gasteiger partial charge in [-0.3, -0.25) is 4.68 Å². The van der Waals surface area contributed by atoms with Crippen LogP contribution in [0.25, 0.3) is 0 Å². The Morgan fingerprint density at radius 2 is 2.00 bits per heavy atom. The van der Waals surface area contributed by atoms with E-state index in [0.29, 0.717) is 22.5 Å². The molecule has 3 nitrogen and oxygen atoms in total. The van der Waals surface area contributed by atoms with E-state index in [4.69, 9.17) is 28.9 Å². The number of nitrogens with zero attached hydrogens (tertiary/aromatic N) is 2. The van der Waals surface area contributed by atoms with Crippen molar-refractivity contribution in [3.8, 4) is 0 Å². The summed E-state index contributed by atoms with van der Waals surface area (Å²) in [6.45, 7) is 4.29. The molecule has 0 saturated heterocycles. The fourth-order valence-corrected chi connectivity index (χ4v) is 2.31. The molecule has 0 aliphatic rings. The van der Waals surface area contributed by atoms with Crippen molar-refractivity contribution in [2.24, 2.45) is 5.73 Å². The van der Waals surface area contributed by atoms with Crippen LogP contribution in [0.4, 0.5) is 0 Å². The summed E-state index contributed by atoms with van der Waals surface area (Å²) < 4.78 is 1.98. The minimum atomic E-state index is -0.134. The molecule has 2 N–H and O–H groups in total. The lowest BCUT2D eigenvalue weighted by Crippen LogP contribution is -2.14. The molecule has 2 rings (SSSR count). The standard InChI is InChI=1S/C15H19Cl2N3/c1-3-10(2)20-7-6-12(19-20)9-15(18)11-4-5-13(16)14(17)8-11/h4-8,10,15H,3,9,18H2,1-2H3. The van der Waals surface area contributed by atoms with Crippen molar-refractivity contribution >= 4 is 23.2 Å². The summed E-state index contributed by atoms with van der Waals surface area (Å²) in [5, 5.41) is 5.64. The summed E-state index contributed by atoms with van der Waals surface area (Å²) in [6, 6.07) is 7.79. The number of nitrogens with two attached hydrogens (primary N) is 1. The van der Waals surface area contributed by atoms with E-state index in [0.717, 1.165) is 17.7 Å². The molecule has 0 aliphatic carbocycles. The lowest BCUT2D eigenvalue weighted by Gasteiger charge is -2.12. The highest BCUT2D eigenvalue weighted by Crippen LogP contribution is 2.26. The Balaban J connectivity index is 2.09. The summed E-state index contributed by atoms with van der Waals surface area (Å²) in [6.07, 6.45) is 3.74. The number of hydrogen-bond acceptors (Lipinski definition) is 2. The molecule has 108 valence electrons. The molecule has 0 aliphatic heterocycles. The van der Waals surface area contributed by atoms with Gasteiger partial charge in [-0.25, -0.2) is 0 Å². The van der Waals surface area contributed by atoms with Gasteiger partial charge in [0.2, 0.25) is 0 Å². The van der Waals surface area contributed by atoms with Crippen molar-refractivity contribution in [3.63, 3.8) is 0 Å². The largest absolute Gasteiger partial charge is 0.324 e. The van der Waals surface area contributed by atoms with Crippen LogP contribution in [0.15, 0.2) is 30.5 Å². The second-order valence-electron chi connectivity index (χ2n) is 5.03. The van der Waals surface area contributed by atoms with Crippen LogP contribution in [-0.4, -0.2) is 9.78 Å². The lowest BCUT2D eigenvalue weighted by molar-refractivity contribution is 0.472. The lowest BCUT2D eigenvalue weighted by atomic mass is 10.0. The van der Waals surface area contributed by atoms with Crippen molar-refractivity contribution in [2.45, 2.75) is 38.8 Å². The van der Waals surface area contributed by atoms with E-state index in [1.807, 2.05) is 29.1 Å². The molecule has 0 amide bonds. The van der Waals surface area contributed by atoms with Crippen LogP contribution in [0, 0.1) is 0 Å². The molecular formula is C15H19Cl2N3. The average Bonchev–Trinajstić information content (AvgIpc) is 2.89. The maximum absolute atomic E-state index is 6.21. The van der Waals surface area contributed by atoms with Crippen LogP contribution in [-0.2, 0) is 6.42 Å². The SMILES string of the molecule is CCC(C)n1ccc(CC(N)c2ccc(Cl)c(Cl)c2)n1. The molecule has 2 aromatic rings. The first kappa shape index (κ1) is 15.4. The predicted octanol–water partition coefficient (Wildman–Crippen LogP) is 4.40. The van der Waals surface area contributed by atoms with E-state index in [-0.39, 0.29) is 6.04 Å². The quantitative estimate of drug-likeness (QED) is 0.889. The molecule has 0 saturated carbocycles. The number of halogens is 2. The summed E-state index contributed by atoms with van der Waals surface area (Å²) in [7, 11) is 0. The molecule has 2 atom stereocenters. The Kier molecular flexibility index (Phi) is 5.08. The maximum Gasteiger partial charge on any atom is 0.0643 e. The topological polar surface area (TPSA) is 43.8 Å². The fourth-order valence-electron chi connectivity index (χ4n) is 2.00. The molecule has 0 radical (unpaired) electrons. The molecule has 1 aromatic carbocycles. The zero-order valence-electron chi connectivity index (χ0n) is 11.7. The third-order valence-electron chi connectivity index (χ3n) is 3.51. The molecule has 0 fully saturated rings. The van der Waals surface area contributed by atoms with Gasteiger partial charge in [-0.2, -0.15) is 5.10 Å². The monoisotopic (exact) mass is 311 g/mol. The van der Waals surface area contributed by atoms with Gasteiger partial charge in [0, 0.05) is 24.7 Å². The summed E-state index contributed by atoms with van der Waals surface area (Å²) in [5.74, 6) is 0. The normalized spacial score (nSPS) is 14.2. The van der Waals surface area contributed by atoms with Gasteiger partial charge < -0.3 is 5.73 Å². The number of rotatable bonds is 5. The van der Waals surface area contributed by atoms with E-state index in [2.05, 4.69) is 18.9 Å². The highest BCUT2D eigenvalue weighted by atomic mass is 35.5. The molecule has 1 aromatic heterocycles. The van der Waals surface area contributed by atoms with Crippen molar-refractivity contribution in [1.29, 1.82) is 0 Å². The van der Waals surface area contributed by atoms with Crippen LogP contribution in [0.3, 0.4) is 0 Å². The molecule has 0 spiro atoms. The van der Waals surface area contributed by atoms with Crippen molar-refractivity contribution < 1.29 is 0 Å². The highest BCUT2D eigenvalue weighted by molar-refractivity contribution is 6.42. The Labute approximate surface area is 129 Å². The van der Waals surface area contributed by atoms with Gasteiger partial charge in [-0.15, -0.1) is 0 Å². The van der Waals surface area contributed by atoms with Gasteiger partial charge in [-0.1, -0.05) is 36.2 Å². The van der Waals surface area contributed by atoms with Gasteiger partial charge in [0.05, 0.1) is 15.7 Å². The van der Waals surface area contributed by atoms with Crippen LogP contribution < -0.4 is 5.73 Å². The third-order valence-corrected chi connectivity index (χ3v) is 4.25. The van der Waals surface area contributed by atoms with Crippen LogP contribution in [0.1, 0.15) is 43.6 Å². The number of aromatic nitrogens is 2. The zero-order valence-corrected chi connectivity index (χ0v) is 13.2. The Hall–Kier alpha value is -1.03. The van der Waals surface area contributed by atoms with Crippen LogP contribution >= 0.6 is 23.2 Å². The predicted molar refractivity (Wildman–Crippen MR) is 84.3 cm³/mol. The second kappa shape index (κ2) is 6.61. The number of benzene rings is 1. The number of hydrogen-bond donors (Lipinski definition) is 1. The second-order valence-corrected chi connectivity index (χ2v) is 5.84. The van der Waals surface area contributed by atoms with Gasteiger partial charge in [0.1, 0.15) is 0 Å².